The molecule has 0 saturated carbocycles. The number of benzene rings is 6. The normalized spacial score (nSPS) is 15.2. The number of hydrogen-bond acceptors (Lipinski definition) is 3. The van der Waals surface area contributed by atoms with Crippen LogP contribution in [0.4, 0.5) is 0 Å². The van der Waals surface area contributed by atoms with Crippen LogP contribution in [0, 0.1) is 0 Å². The molecule has 2 aromatic heterocycles. The number of pyridine rings is 1. The van der Waals surface area contributed by atoms with Crippen LogP contribution in [0.5, 0.6) is 5.75 Å². The van der Waals surface area contributed by atoms with Crippen LogP contribution < -0.4 is 0 Å². The molecule has 0 amide bonds. The van der Waals surface area contributed by atoms with Gasteiger partial charge in [-0.25, -0.2) is 4.98 Å². The molecule has 0 aliphatic heterocycles. The van der Waals surface area contributed by atoms with Gasteiger partial charge in [-0.1, -0.05) is 153 Å². The van der Waals surface area contributed by atoms with Crippen LogP contribution in [0.15, 0.2) is 152 Å². The zero-order valence-corrected chi connectivity index (χ0v) is 33.7. The quantitative estimate of drug-likeness (QED) is 0.183. The summed E-state index contributed by atoms with van der Waals surface area (Å²) in [7, 11) is 0. The fourth-order valence-electron chi connectivity index (χ4n) is 7.53. The van der Waals surface area contributed by atoms with Crippen molar-refractivity contribution in [2.75, 3.05) is 0 Å². The minimum absolute atomic E-state index is 0.0264. The largest absolute Gasteiger partial charge is 0.507 e. The SMILES string of the molecule is [2H]C([2H])([2H])C(c1ccc(-n2c(-c3ccccc3O)nc3c(-c4cc(-c5cc(-c6ccc(C(C)(C)C)cc6)ccn5)cc(C(C)(C)C)c4)cccc32)c(-c2ccccc2)c1)(C([2H])([2H])[2H])C([2H])([2H])[2H]. The number of phenols is 1. The smallest absolute Gasteiger partial charge is 0.149 e. The molecule has 0 saturated heterocycles. The zero-order chi connectivity index (χ0) is 48.5. The highest BCUT2D eigenvalue weighted by molar-refractivity contribution is 5.97. The average molecular weight is 769 g/mol. The van der Waals surface area contributed by atoms with Gasteiger partial charge in [0.25, 0.3) is 0 Å². The lowest BCUT2D eigenvalue weighted by atomic mass is 9.83. The van der Waals surface area contributed by atoms with Crippen molar-refractivity contribution in [2.24, 2.45) is 0 Å². The van der Waals surface area contributed by atoms with Crippen molar-refractivity contribution < 1.29 is 17.4 Å². The zero-order valence-electron chi connectivity index (χ0n) is 42.7. The van der Waals surface area contributed by atoms with E-state index >= 15 is 0 Å². The van der Waals surface area contributed by atoms with Crippen LogP contribution in [0.3, 0.4) is 0 Å². The molecule has 0 aliphatic rings. The van der Waals surface area contributed by atoms with Crippen molar-refractivity contribution in [1.29, 1.82) is 0 Å². The molecule has 0 atom stereocenters. The summed E-state index contributed by atoms with van der Waals surface area (Å²) in [6.45, 7) is 2.69. The Balaban J connectivity index is 1.40. The maximum absolute atomic E-state index is 11.4. The first-order valence-corrected chi connectivity index (χ1v) is 19.5. The van der Waals surface area contributed by atoms with Crippen molar-refractivity contribution in [3.8, 4) is 67.5 Å². The lowest BCUT2D eigenvalue weighted by Crippen LogP contribution is -2.12. The Morgan fingerprint density at radius 3 is 1.88 bits per heavy atom. The van der Waals surface area contributed by atoms with Crippen LogP contribution in [0.2, 0.25) is 0 Å². The molecular formula is C54H53N3O. The molecule has 1 N–H and O–H groups in total. The summed E-state index contributed by atoms with van der Waals surface area (Å²) >= 11 is 0. The second-order valence-corrected chi connectivity index (χ2v) is 17.1. The highest BCUT2D eigenvalue weighted by Crippen LogP contribution is 2.42. The molecule has 0 radical (unpaired) electrons. The summed E-state index contributed by atoms with van der Waals surface area (Å²) in [5.74, 6) is 0.305. The number of nitrogens with zero attached hydrogens (tertiary/aromatic N) is 3. The number of aromatic hydroxyl groups is 1. The molecular weight excluding hydrogens is 707 g/mol. The van der Waals surface area contributed by atoms with Crippen LogP contribution in [0.25, 0.3) is 72.7 Å². The Hall–Kier alpha value is -6.26. The molecule has 0 spiro atoms. The van der Waals surface area contributed by atoms with E-state index in [1.54, 1.807) is 54.6 Å². The minimum Gasteiger partial charge on any atom is -0.507 e. The Kier molecular flexibility index (Phi) is 7.31. The van der Waals surface area contributed by atoms with Gasteiger partial charge in [-0.3, -0.25) is 9.55 Å². The van der Waals surface area contributed by atoms with Crippen LogP contribution >= 0.6 is 0 Å². The van der Waals surface area contributed by atoms with Gasteiger partial charge in [0.05, 0.1) is 28.0 Å². The van der Waals surface area contributed by atoms with Gasteiger partial charge in [0.1, 0.15) is 11.6 Å². The number of rotatable bonds is 6. The molecule has 4 heteroatoms. The van der Waals surface area contributed by atoms with Gasteiger partial charge in [-0.05, 0) is 110 Å². The average Bonchev–Trinajstić information content (AvgIpc) is 3.64. The molecule has 0 fully saturated rings. The molecule has 0 aliphatic carbocycles. The number of hydrogen-bond donors (Lipinski definition) is 1. The van der Waals surface area contributed by atoms with E-state index in [0.717, 1.165) is 39.1 Å². The van der Waals surface area contributed by atoms with Crippen molar-refractivity contribution >= 4 is 11.0 Å². The summed E-state index contributed by atoms with van der Waals surface area (Å²) in [4.78, 5) is 10.2. The van der Waals surface area contributed by atoms with E-state index in [9.17, 15) is 5.11 Å². The summed E-state index contributed by atoms with van der Waals surface area (Å²) in [6, 6.07) is 45.1. The van der Waals surface area contributed by atoms with Crippen molar-refractivity contribution in [3.05, 3.63) is 168 Å². The second-order valence-electron chi connectivity index (χ2n) is 17.1. The molecule has 8 rings (SSSR count). The molecule has 0 bridgehead atoms. The van der Waals surface area contributed by atoms with Crippen LogP contribution in [-0.2, 0) is 16.2 Å². The van der Waals surface area contributed by atoms with E-state index in [2.05, 4.69) is 90.1 Å². The van der Waals surface area contributed by atoms with E-state index in [0.29, 0.717) is 39.2 Å². The highest BCUT2D eigenvalue weighted by Gasteiger charge is 2.25. The molecule has 290 valence electrons. The predicted octanol–water partition coefficient (Wildman–Crippen LogP) is 14.4. The number of imidazole rings is 1. The van der Waals surface area contributed by atoms with Crippen molar-refractivity contribution in [1.82, 2.24) is 14.5 Å². The Morgan fingerprint density at radius 2 is 1.17 bits per heavy atom. The summed E-state index contributed by atoms with van der Waals surface area (Å²) < 4.78 is 78.4. The standard InChI is InChI=1S/C54H53N3O/c1-52(2,3)40-24-22-35(23-25-40)37-28-29-55-46(33-37)39-30-38(31-42(32-39)54(7,8)9)43-19-15-20-48-50(43)56-51(44-18-13-14-21-49(44)58)57(48)47-27-26-41(53(4,5)6)34-45(47)36-16-11-10-12-17-36/h10-34,58H,1-9H3/i4D3,5D3,6D3. The first-order chi connectivity index (χ1) is 31.3. The fraction of sp³-hybridized carbons (Fsp3) is 0.222. The number of para-hydroxylation sites is 2. The van der Waals surface area contributed by atoms with Crippen molar-refractivity contribution in [3.63, 3.8) is 0 Å². The maximum Gasteiger partial charge on any atom is 0.149 e. The van der Waals surface area contributed by atoms with Gasteiger partial charge in [0, 0.05) is 35.2 Å². The minimum atomic E-state index is -3.47. The molecule has 8 aromatic rings. The fourth-order valence-corrected chi connectivity index (χ4v) is 7.53. The first-order valence-electron chi connectivity index (χ1n) is 24.0. The van der Waals surface area contributed by atoms with E-state index in [-0.39, 0.29) is 22.1 Å². The van der Waals surface area contributed by atoms with Gasteiger partial charge in [-0.15, -0.1) is 0 Å². The second kappa shape index (κ2) is 14.6. The molecule has 2 heterocycles. The van der Waals surface area contributed by atoms with Gasteiger partial charge < -0.3 is 5.11 Å². The van der Waals surface area contributed by atoms with Gasteiger partial charge in [0.15, 0.2) is 0 Å². The Labute approximate surface area is 356 Å². The number of phenolic OH excluding ortho intramolecular Hbond substituents is 1. The maximum atomic E-state index is 11.4. The summed E-state index contributed by atoms with van der Waals surface area (Å²) in [6.07, 6.45) is 1.83. The number of aromatic nitrogens is 3. The lowest BCUT2D eigenvalue weighted by molar-refractivity contribution is 0.477. The summed E-state index contributed by atoms with van der Waals surface area (Å²) in [5.41, 5.74) is 6.95. The van der Waals surface area contributed by atoms with Gasteiger partial charge in [0.2, 0.25) is 0 Å². The predicted molar refractivity (Wildman–Crippen MR) is 244 cm³/mol. The summed E-state index contributed by atoms with van der Waals surface area (Å²) in [5, 5.41) is 11.4. The Bertz CT molecular complexity index is 3080. The molecule has 0 unspecified atom stereocenters. The molecule has 6 aromatic carbocycles. The van der Waals surface area contributed by atoms with Gasteiger partial charge >= 0.3 is 0 Å². The van der Waals surface area contributed by atoms with E-state index in [1.807, 2.05) is 41.1 Å². The van der Waals surface area contributed by atoms with E-state index < -0.39 is 26.0 Å². The third kappa shape index (κ3) is 7.47. The Morgan fingerprint density at radius 1 is 0.500 bits per heavy atom. The first kappa shape index (κ1) is 29.0. The monoisotopic (exact) mass is 768 g/mol. The van der Waals surface area contributed by atoms with Crippen LogP contribution in [0.1, 0.15) is 91.1 Å². The van der Waals surface area contributed by atoms with Crippen LogP contribution in [-0.4, -0.2) is 19.6 Å². The number of fused-ring (bicyclic) bond motifs is 1. The van der Waals surface area contributed by atoms with E-state index in [1.165, 1.54) is 17.7 Å². The van der Waals surface area contributed by atoms with Crippen molar-refractivity contribution in [2.45, 2.75) is 78.3 Å². The topological polar surface area (TPSA) is 50.9 Å². The molecule has 58 heavy (non-hydrogen) atoms. The highest BCUT2D eigenvalue weighted by atomic mass is 16.3. The molecule has 4 nitrogen and oxygen atoms in total. The van der Waals surface area contributed by atoms with E-state index in [4.69, 9.17) is 22.3 Å². The van der Waals surface area contributed by atoms with Gasteiger partial charge in [-0.2, -0.15) is 0 Å². The third-order valence-electron chi connectivity index (χ3n) is 10.8. The lowest BCUT2D eigenvalue weighted by Gasteiger charge is -2.23. The third-order valence-corrected chi connectivity index (χ3v) is 10.8.